The lowest BCUT2D eigenvalue weighted by Crippen LogP contribution is -2.68. The summed E-state index contributed by atoms with van der Waals surface area (Å²) in [6, 6.07) is 0. The summed E-state index contributed by atoms with van der Waals surface area (Å²) >= 11 is 0. The van der Waals surface area contributed by atoms with Gasteiger partial charge in [0.05, 0.1) is 0 Å². The van der Waals surface area contributed by atoms with Crippen LogP contribution in [-0.4, -0.2) is 36.0 Å². The molecule has 0 nitrogen and oxygen atoms in total. The van der Waals surface area contributed by atoms with Crippen LogP contribution in [0, 0.1) is 6.92 Å². The normalized spacial score (nSPS) is 16.1. The Balaban J connectivity index is 5.92. The van der Waals surface area contributed by atoms with Crippen molar-refractivity contribution >= 4 is 0 Å². The maximum absolute atomic E-state index is 12.5. The Hall–Kier alpha value is -0.840. The fourth-order valence-electron chi connectivity index (χ4n) is 0.773. The van der Waals surface area contributed by atoms with Gasteiger partial charge in [0.1, 0.15) is 0 Å². The van der Waals surface area contributed by atoms with Crippen LogP contribution in [0.25, 0.3) is 0 Å². The van der Waals surface area contributed by atoms with E-state index in [1.165, 1.54) is 0 Å². The van der Waals surface area contributed by atoms with Crippen molar-refractivity contribution < 1.29 is 52.7 Å². The highest BCUT2D eigenvalue weighted by Crippen LogP contribution is 2.57. The fraction of sp³-hybridized carbons (Fsp3) is 0.857. The molecule has 0 aliphatic heterocycles. The lowest BCUT2D eigenvalue weighted by molar-refractivity contribution is -0.407. The minimum absolute atomic E-state index is 1.12. The first-order valence-electron chi connectivity index (χ1n) is 3.97. The zero-order chi connectivity index (χ0) is 16.1. The third-order valence-corrected chi connectivity index (χ3v) is 1.94. The van der Waals surface area contributed by atoms with Crippen molar-refractivity contribution in [2.45, 2.75) is 36.0 Å². The molecule has 0 aromatic rings. The van der Waals surface area contributed by atoms with Crippen molar-refractivity contribution in [2.24, 2.45) is 0 Å². The summed E-state index contributed by atoms with van der Waals surface area (Å²) in [5, 5.41) is 0. The molecule has 0 unspecified atom stereocenters. The molecule has 0 bridgehead atoms. The van der Waals surface area contributed by atoms with E-state index in [4.69, 9.17) is 0 Å². The van der Waals surface area contributed by atoms with Gasteiger partial charge in [-0.3, -0.25) is 0 Å². The second-order valence-electron chi connectivity index (χ2n) is 3.35. The molecule has 115 valence electrons. The molecule has 19 heavy (non-hydrogen) atoms. The van der Waals surface area contributed by atoms with E-state index >= 15 is 0 Å². The molecular weight excluding hydrogens is 312 g/mol. The quantitative estimate of drug-likeness (QED) is 0.665. The number of hydrogen-bond acceptors (Lipinski definition) is 0. The Morgan fingerprint density at radius 3 is 1.11 bits per heavy atom. The number of rotatable bonds is 5. The van der Waals surface area contributed by atoms with E-state index in [-0.39, 0.29) is 0 Å². The van der Waals surface area contributed by atoms with Gasteiger partial charge in [-0.1, -0.05) is 0 Å². The molecule has 0 aliphatic carbocycles. The Kier molecular flexibility index (Phi) is 4.14. The summed E-state index contributed by atoms with van der Waals surface area (Å²) in [4.78, 5) is 0. The number of halogens is 12. The Labute approximate surface area is 96.9 Å². The lowest BCUT2D eigenvalue weighted by atomic mass is 9.95. The molecule has 0 saturated heterocycles. The van der Waals surface area contributed by atoms with E-state index in [0.29, 0.717) is 0 Å². The average molecular weight is 315 g/mol. The molecule has 0 N–H and O–H groups in total. The zero-order valence-corrected chi connectivity index (χ0v) is 8.32. The molecule has 0 atom stereocenters. The predicted molar refractivity (Wildman–Crippen MR) is 36.1 cm³/mol. The molecule has 0 heterocycles. The van der Waals surface area contributed by atoms with Gasteiger partial charge in [0.25, 0.3) is 0 Å². The van der Waals surface area contributed by atoms with Gasteiger partial charge in [-0.05, 0) is 0 Å². The van der Waals surface area contributed by atoms with Crippen LogP contribution in [0.15, 0.2) is 0 Å². The van der Waals surface area contributed by atoms with Crippen LogP contribution >= 0.6 is 0 Å². The van der Waals surface area contributed by atoms with Crippen LogP contribution in [0.1, 0.15) is 0 Å². The van der Waals surface area contributed by atoms with Gasteiger partial charge in [0, 0.05) is 6.92 Å². The van der Waals surface area contributed by atoms with Gasteiger partial charge in [-0.2, -0.15) is 43.9 Å². The Morgan fingerprint density at radius 2 is 0.895 bits per heavy atom. The third-order valence-electron chi connectivity index (χ3n) is 1.94. The maximum atomic E-state index is 12.5. The third kappa shape index (κ3) is 2.33. The van der Waals surface area contributed by atoms with Crippen molar-refractivity contribution in [3.05, 3.63) is 6.92 Å². The molecule has 0 aromatic heterocycles. The van der Waals surface area contributed by atoms with Crippen LogP contribution < -0.4 is 0 Å². The van der Waals surface area contributed by atoms with E-state index in [1.807, 2.05) is 0 Å². The van der Waals surface area contributed by atoms with Crippen LogP contribution in [0.2, 0.25) is 0 Å². The van der Waals surface area contributed by atoms with Gasteiger partial charge < -0.3 is 0 Å². The summed E-state index contributed by atoms with van der Waals surface area (Å²) < 4.78 is 146. The highest BCUT2D eigenvalue weighted by Gasteiger charge is 2.86. The average Bonchev–Trinajstić information content (AvgIpc) is 2.14. The number of hydrogen-bond donors (Lipinski definition) is 0. The monoisotopic (exact) mass is 315 g/mol. The molecule has 0 saturated carbocycles. The molecule has 0 aliphatic rings. The molecule has 1 radical (unpaired) electrons. The molecule has 0 fully saturated rings. The summed E-state index contributed by atoms with van der Waals surface area (Å²) in [6.45, 7) is 1.12. The minimum atomic E-state index is -7.47. The summed E-state index contributed by atoms with van der Waals surface area (Å²) in [7, 11) is 0. The highest BCUT2D eigenvalue weighted by molar-refractivity contribution is 5.09. The van der Waals surface area contributed by atoms with Gasteiger partial charge in [-0.25, -0.2) is 8.78 Å². The molecule has 0 amide bonds. The van der Waals surface area contributed by atoms with E-state index < -0.39 is 36.0 Å². The fourth-order valence-corrected chi connectivity index (χ4v) is 0.773. The van der Waals surface area contributed by atoms with Crippen molar-refractivity contribution in [3.63, 3.8) is 0 Å². The SMILES string of the molecule is [CH2]C(F)(F)C(F)(F)C(F)(F)C(F)(F)C(F)(F)C(F)F. The molecule has 12 heteroatoms. The molecule has 0 spiro atoms. The van der Waals surface area contributed by atoms with Crippen molar-refractivity contribution in [1.82, 2.24) is 0 Å². The Bertz CT molecular complexity index is 323. The first-order valence-corrected chi connectivity index (χ1v) is 3.97. The summed E-state index contributed by atoms with van der Waals surface area (Å²) in [5.41, 5.74) is 0. The topological polar surface area (TPSA) is 0 Å². The smallest absolute Gasteiger partial charge is 0.203 e. The second kappa shape index (κ2) is 4.33. The summed E-state index contributed by atoms with van der Waals surface area (Å²) in [5.74, 6) is -35.0. The van der Waals surface area contributed by atoms with Gasteiger partial charge in [-0.15, -0.1) is 0 Å². The van der Waals surface area contributed by atoms with Crippen LogP contribution in [0.3, 0.4) is 0 Å². The highest BCUT2D eigenvalue weighted by atomic mass is 19.4. The number of alkyl halides is 12. The van der Waals surface area contributed by atoms with Crippen LogP contribution in [-0.2, 0) is 0 Å². The summed E-state index contributed by atoms with van der Waals surface area (Å²) in [6.07, 6.45) is -5.48. The van der Waals surface area contributed by atoms with Crippen LogP contribution in [0.5, 0.6) is 0 Å². The molecule has 0 rings (SSSR count). The molecule has 0 aromatic carbocycles. The van der Waals surface area contributed by atoms with E-state index in [0.717, 1.165) is 6.92 Å². The maximum Gasteiger partial charge on any atom is 0.384 e. The first kappa shape index (κ1) is 18.2. The predicted octanol–water partition coefficient (Wildman–Crippen LogP) is 4.26. The van der Waals surface area contributed by atoms with Gasteiger partial charge in [0.2, 0.25) is 0 Å². The van der Waals surface area contributed by atoms with Crippen LogP contribution in [0.4, 0.5) is 52.7 Å². The van der Waals surface area contributed by atoms with E-state index in [1.54, 1.807) is 0 Å². The van der Waals surface area contributed by atoms with Gasteiger partial charge in [0.15, 0.2) is 0 Å². The lowest BCUT2D eigenvalue weighted by Gasteiger charge is -2.38. The second-order valence-corrected chi connectivity index (χ2v) is 3.35. The van der Waals surface area contributed by atoms with Crippen molar-refractivity contribution in [1.29, 1.82) is 0 Å². The van der Waals surface area contributed by atoms with Crippen molar-refractivity contribution in [2.75, 3.05) is 0 Å². The minimum Gasteiger partial charge on any atom is -0.203 e. The van der Waals surface area contributed by atoms with Gasteiger partial charge >= 0.3 is 36.0 Å². The molecular formula is C7H3F12. The van der Waals surface area contributed by atoms with E-state index in [9.17, 15) is 52.7 Å². The Morgan fingerprint density at radius 1 is 0.579 bits per heavy atom. The van der Waals surface area contributed by atoms with Crippen molar-refractivity contribution in [3.8, 4) is 0 Å². The van der Waals surface area contributed by atoms with E-state index in [2.05, 4.69) is 0 Å². The standard InChI is InChI=1S/C7H3F12/c1-3(10,11)5(14,15)7(18,19)6(16,17)4(12,13)2(8)9/h2H,1H2. The first-order chi connectivity index (χ1) is 7.94. The zero-order valence-electron chi connectivity index (χ0n) is 8.32. The largest absolute Gasteiger partial charge is 0.384 e.